The number of nitrogens with zero attached hydrogens (tertiary/aromatic N) is 3. The lowest BCUT2D eigenvalue weighted by Gasteiger charge is -2.27. The van der Waals surface area contributed by atoms with Gasteiger partial charge in [0.2, 0.25) is 0 Å². The lowest BCUT2D eigenvalue weighted by molar-refractivity contribution is -0.139. The summed E-state index contributed by atoms with van der Waals surface area (Å²) < 4.78 is 25.4. The number of hydrogen-bond acceptors (Lipinski definition) is 9. The SMILES string of the molecule is CCOC(=O)C1=C(c2ccccc2)N=c2s/c(=C\c3ccc(OCC(=O)N4CCCC4)c(OC)c3)c(=O)n2[C@H]1c1cc(Br)ccc1OC. The smallest absolute Gasteiger partial charge is 0.338 e. The summed E-state index contributed by atoms with van der Waals surface area (Å²) in [5.41, 5.74) is 2.29. The Morgan fingerprint density at radius 1 is 0.979 bits per heavy atom. The van der Waals surface area contributed by atoms with Gasteiger partial charge in [-0.05, 0) is 61.7 Å². The molecule has 10 nitrogen and oxygen atoms in total. The van der Waals surface area contributed by atoms with Crippen LogP contribution in [-0.2, 0) is 14.3 Å². The van der Waals surface area contributed by atoms with Crippen molar-refractivity contribution in [2.24, 2.45) is 4.99 Å². The zero-order chi connectivity index (χ0) is 33.8. The molecule has 248 valence electrons. The molecule has 1 saturated heterocycles. The summed E-state index contributed by atoms with van der Waals surface area (Å²) in [6, 6.07) is 19.2. The van der Waals surface area contributed by atoms with Gasteiger partial charge in [0.1, 0.15) is 11.8 Å². The van der Waals surface area contributed by atoms with E-state index in [4.69, 9.17) is 23.9 Å². The molecular weight excluding hydrogens is 698 g/mol. The molecule has 48 heavy (non-hydrogen) atoms. The van der Waals surface area contributed by atoms with E-state index in [2.05, 4.69) is 15.9 Å². The quantitative estimate of drug-likeness (QED) is 0.217. The number of likely N-dealkylation sites (tertiary alicyclic amines) is 1. The minimum Gasteiger partial charge on any atom is -0.496 e. The van der Waals surface area contributed by atoms with Gasteiger partial charge in [0, 0.05) is 28.7 Å². The maximum atomic E-state index is 14.3. The molecule has 4 aromatic rings. The lowest BCUT2D eigenvalue weighted by atomic mass is 9.92. The fourth-order valence-corrected chi connectivity index (χ4v) is 7.28. The van der Waals surface area contributed by atoms with Gasteiger partial charge in [-0.25, -0.2) is 9.79 Å². The van der Waals surface area contributed by atoms with Crippen molar-refractivity contribution in [1.29, 1.82) is 0 Å². The molecule has 3 heterocycles. The fourth-order valence-electron chi connectivity index (χ4n) is 5.90. The molecular formula is C36H34BrN3O7S. The largest absolute Gasteiger partial charge is 0.496 e. The maximum Gasteiger partial charge on any atom is 0.338 e. The van der Waals surface area contributed by atoms with Crippen LogP contribution in [0.1, 0.15) is 42.5 Å². The molecule has 2 aliphatic rings. The number of amides is 1. The predicted octanol–water partition coefficient (Wildman–Crippen LogP) is 4.72. The number of carbonyl (C=O) groups excluding carboxylic acids is 2. The van der Waals surface area contributed by atoms with Crippen LogP contribution in [-0.4, -0.2) is 61.9 Å². The van der Waals surface area contributed by atoms with Crippen LogP contribution in [0.3, 0.4) is 0 Å². The third kappa shape index (κ3) is 6.67. The van der Waals surface area contributed by atoms with Crippen LogP contribution < -0.4 is 29.1 Å². The van der Waals surface area contributed by atoms with Gasteiger partial charge in [-0.2, -0.15) is 0 Å². The molecule has 2 aliphatic heterocycles. The Morgan fingerprint density at radius 2 is 1.71 bits per heavy atom. The van der Waals surface area contributed by atoms with Gasteiger partial charge >= 0.3 is 5.97 Å². The van der Waals surface area contributed by atoms with E-state index in [1.54, 1.807) is 49.3 Å². The van der Waals surface area contributed by atoms with Gasteiger partial charge in [0.25, 0.3) is 11.5 Å². The summed E-state index contributed by atoms with van der Waals surface area (Å²) in [6.07, 6.45) is 3.75. The molecule has 12 heteroatoms. The van der Waals surface area contributed by atoms with Crippen molar-refractivity contribution in [3.8, 4) is 17.2 Å². The molecule has 0 spiro atoms. The van der Waals surface area contributed by atoms with Gasteiger partial charge in [-0.15, -0.1) is 0 Å². The monoisotopic (exact) mass is 731 g/mol. The van der Waals surface area contributed by atoms with Gasteiger partial charge in [0.15, 0.2) is 22.9 Å². The van der Waals surface area contributed by atoms with E-state index in [0.29, 0.717) is 49.0 Å². The van der Waals surface area contributed by atoms with E-state index >= 15 is 0 Å². The molecule has 1 atom stereocenters. The number of thiazole rings is 1. The van der Waals surface area contributed by atoms with Gasteiger partial charge in [-0.3, -0.25) is 14.2 Å². The number of fused-ring (bicyclic) bond motifs is 1. The predicted molar refractivity (Wildman–Crippen MR) is 186 cm³/mol. The highest BCUT2D eigenvalue weighted by Gasteiger charge is 2.37. The van der Waals surface area contributed by atoms with Crippen molar-refractivity contribution in [3.63, 3.8) is 0 Å². The second-order valence-corrected chi connectivity index (χ2v) is 13.0. The van der Waals surface area contributed by atoms with Crippen LogP contribution in [0.15, 0.2) is 86.6 Å². The Bertz CT molecular complexity index is 2070. The van der Waals surface area contributed by atoms with E-state index in [1.807, 2.05) is 42.5 Å². The van der Waals surface area contributed by atoms with Crippen LogP contribution in [0.5, 0.6) is 17.2 Å². The highest BCUT2D eigenvalue weighted by Crippen LogP contribution is 2.40. The van der Waals surface area contributed by atoms with E-state index in [1.165, 1.54) is 23.0 Å². The Hall–Kier alpha value is -4.68. The lowest BCUT2D eigenvalue weighted by Crippen LogP contribution is -2.40. The zero-order valence-electron chi connectivity index (χ0n) is 26.7. The Kier molecular flexibility index (Phi) is 10.1. The Balaban J connectivity index is 1.48. The standard InChI is InChI=1S/C36H34BrN3O7S/c1-4-46-35(43)31-32(23-10-6-5-7-11-23)38-36-40(33(31)25-20-24(37)13-15-26(25)44-2)34(42)29(48-36)19-22-12-14-27(28(18-22)45-3)47-21-30(41)39-16-8-9-17-39/h5-7,10-15,18-20,33H,4,8-9,16-17,21H2,1-3H3/b29-19-/t33-/m0/s1. The molecule has 0 saturated carbocycles. The minimum absolute atomic E-state index is 0.0616. The number of ether oxygens (including phenoxy) is 4. The van der Waals surface area contributed by atoms with Gasteiger partial charge in [0.05, 0.1) is 36.6 Å². The first kappa shape index (κ1) is 33.2. The average Bonchev–Trinajstić information content (AvgIpc) is 3.75. The Labute approximate surface area is 289 Å². The molecule has 0 N–H and O–H groups in total. The molecule has 0 aliphatic carbocycles. The van der Waals surface area contributed by atoms with Crippen molar-refractivity contribution in [2.75, 3.05) is 40.5 Å². The fraction of sp³-hybridized carbons (Fsp3) is 0.278. The normalized spacial score (nSPS) is 16.0. The van der Waals surface area contributed by atoms with E-state index in [-0.39, 0.29) is 30.3 Å². The summed E-state index contributed by atoms with van der Waals surface area (Å²) in [6.45, 7) is 3.29. The zero-order valence-corrected chi connectivity index (χ0v) is 29.1. The van der Waals surface area contributed by atoms with Gasteiger partial charge in [-0.1, -0.05) is 63.7 Å². The van der Waals surface area contributed by atoms with Crippen LogP contribution in [0.25, 0.3) is 11.8 Å². The van der Waals surface area contributed by atoms with Crippen molar-refractivity contribution in [1.82, 2.24) is 9.47 Å². The number of esters is 1. The number of rotatable bonds is 10. The molecule has 1 fully saturated rings. The highest BCUT2D eigenvalue weighted by atomic mass is 79.9. The minimum atomic E-state index is -0.899. The summed E-state index contributed by atoms with van der Waals surface area (Å²) >= 11 is 4.77. The van der Waals surface area contributed by atoms with E-state index in [9.17, 15) is 14.4 Å². The van der Waals surface area contributed by atoms with Crippen molar-refractivity contribution in [2.45, 2.75) is 25.8 Å². The second-order valence-electron chi connectivity index (χ2n) is 11.1. The van der Waals surface area contributed by atoms with Crippen LogP contribution in [0.4, 0.5) is 0 Å². The number of benzene rings is 3. The first-order valence-corrected chi connectivity index (χ1v) is 17.1. The molecule has 1 aromatic heterocycles. The number of aromatic nitrogens is 1. The first-order chi connectivity index (χ1) is 23.3. The Morgan fingerprint density at radius 3 is 2.42 bits per heavy atom. The topological polar surface area (TPSA) is 109 Å². The number of carbonyl (C=O) groups is 2. The molecule has 0 radical (unpaired) electrons. The van der Waals surface area contributed by atoms with Crippen LogP contribution in [0.2, 0.25) is 0 Å². The number of hydrogen-bond donors (Lipinski definition) is 0. The summed E-state index contributed by atoms with van der Waals surface area (Å²) in [5, 5.41) is 0. The molecule has 1 amide bonds. The summed E-state index contributed by atoms with van der Waals surface area (Å²) in [4.78, 5) is 47.8. The maximum absolute atomic E-state index is 14.3. The molecule has 0 unspecified atom stereocenters. The third-order valence-electron chi connectivity index (χ3n) is 8.16. The third-order valence-corrected chi connectivity index (χ3v) is 9.63. The van der Waals surface area contributed by atoms with Crippen molar-refractivity contribution >= 4 is 50.9 Å². The van der Waals surface area contributed by atoms with Crippen molar-refractivity contribution in [3.05, 3.63) is 113 Å². The summed E-state index contributed by atoms with van der Waals surface area (Å²) in [5.74, 6) is 0.714. The average molecular weight is 733 g/mol. The molecule has 3 aromatic carbocycles. The number of methoxy groups -OCH3 is 2. The van der Waals surface area contributed by atoms with Gasteiger partial charge < -0.3 is 23.8 Å². The molecule has 0 bridgehead atoms. The second kappa shape index (κ2) is 14.6. The number of halogens is 1. The van der Waals surface area contributed by atoms with Crippen LogP contribution >= 0.6 is 27.3 Å². The first-order valence-electron chi connectivity index (χ1n) is 15.5. The van der Waals surface area contributed by atoms with E-state index < -0.39 is 12.0 Å². The summed E-state index contributed by atoms with van der Waals surface area (Å²) in [7, 11) is 3.07. The van der Waals surface area contributed by atoms with Crippen molar-refractivity contribution < 1.29 is 28.5 Å². The highest BCUT2D eigenvalue weighted by molar-refractivity contribution is 9.10. The van der Waals surface area contributed by atoms with Crippen LogP contribution in [0, 0.1) is 0 Å². The van der Waals surface area contributed by atoms with E-state index in [0.717, 1.165) is 30.4 Å². The molecule has 6 rings (SSSR count).